The first kappa shape index (κ1) is 20.3. The number of phenols is 1. The van der Waals surface area contributed by atoms with E-state index in [1.807, 2.05) is 0 Å². The molecule has 0 bridgehead atoms. The van der Waals surface area contributed by atoms with Crippen LogP contribution < -0.4 is 10.2 Å². The van der Waals surface area contributed by atoms with Crippen molar-refractivity contribution < 1.29 is 28.2 Å². The van der Waals surface area contributed by atoms with Gasteiger partial charge in [0.2, 0.25) is 0 Å². The summed E-state index contributed by atoms with van der Waals surface area (Å²) in [6.45, 7) is -0.00874. The van der Waals surface area contributed by atoms with Gasteiger partial charge < -0.3 is 15.2 Å². The number of rotatable bonds is 5. The van der Waals surface area contributed by atoms with Crippen LogP contribution in [-0.4, -0.2) is 29.8 Å². The fraction of sp³-hybridized carbons (Fsp3) is 0.130. The highest BCUT2D eigenvalue weighted by Crippen LogP contribution is 2.37. The Bertz CT molecular complexity index is 1090. The van der Waals surface area contributed by atoms with Crippen molar-refractivity contribution in [3.05, 3.63) is 95.6 Å². The number of aromatic hydroxyl groups is 1. The van der Waals surface area contributed by atoms with Crippen LogP contribution in [0.3, 0.4) is 0 Å². The molecule has 0 spiro atoms. The van der Waals surface area contributed by atoms with Gasteiger partial charge in [-0.1, -0.05) is 12.1 Å². The van der Waals surface area contributed by atoms with Gasteiger partial charge in [-0.25, -0.2) is 13.6 Å². The Morgan fingerprint density at radius 1 is 0.935 bits per heavy atom. The summed E-state index contributed by atoms with van der Waals surface area (Å²) in [6.07, 6.45) is -1.41. The third-order valence-electron chi connectivity index (χ3n) is 4.99. The van der Waals surface area contributed by atoms with Crippen molar-refractivity contribution in [2.45, 2.75) is 12.1 Å². The van der Waals surface area contributed by atoms with Crippen LogP contribution in [0.2, 0.25) is 0 Å². The summed E-state index contributed by atoms with van der Waals surface area (Å²) < 4.78 is 32.0. The molecule has 3 aromatic carbocycles. The number of nitrogens with one attached hydrogen (secondary N) is 1. The van der Waals surface area contributed by atoms with Gasteiger partial charge in [0.25, 0.3) is 5.91 Å². The van der Waals surface area contributed by atoms with Crippen molar-refractivity contribution in [1.82, 2.24) is 5.32 Å². The lowest BCUT2D eigenvalue weighted by Gasteiger charge is -2.25. The fourth-order valence-corrected chi connectivity index (χ4v) is 3.48. The van der Waals surface area contributed by atoms with E-state index in [0.717, 1.165) is 0 Å². The molecule has 158 valence electrons. The molecule has 6 nitrogen and oxygen atoms in total. The molecule has 4 rings (SSSR count). The maximum absolute atomic E-state index is 13.4. The number of hydrogen-bond acceptors (Lipinski definition) is 4. The van der Waals surface area contributed by atoms with E-state index in [0.29, 0.717) is 11.3 Å². The van der Waals surface area contributed by atoms with E-state index in [1.165, 1.54) is 65.6 Å². The monoisotopic (exact) mass is 424 g/mol. The van der Waals surface area contributed by atoms with Crippen molar-refractivity contribution in [3.8, 4) is 5.75 Å². The number of amides is 2. The number of benzene rings is 3. The van der Waals surface area contributed by atoms with Gasteiger partial charge in [-0.15, -0.1) is 0 Å². The topological polar surface area (TPSA) is 78.9 Å². The Morgan fingerprint density at radius 3 is 2.13 bits per heavy atom. The van der Waals surface area contributed by atoms with E-state index in [2.05, 4.69) is 5.32 Å². The molecule has 0 saturated carbocycles. The van der Waals surface area contributed by atoms with Crippen LogP contribution in [0.15, 0.2) is 72.8 Å². The zero-order chi connectivity index (χ0) is 22.0. The molecule has 2 atom stereocenters. The van der Waals surface area contributed by atoms with Gasteiger partial charge in [0.15, 0.2) is 0 Å². The van der Waals surface area contributed by atoms with Crippen molar-refractivity contribution in [2.24, 2.45) is 0 Å². The van der Waals surface area contributed by atoms with E-state index in [-0.39, 0.29) is 17.9 Å². The number of halogens is 2. The molecule has 0 aliphatic carbocycles. The molecule has 31 heavy (non-hydrogen) atoms. The Balaban J connectivity index is 1.60. The first-order valence-corrected chi connectivity index (χ1v) is 9.50. The van der Waals surface area contributed by atoms with Crippen molar-refractivity contribution in [2.75, 3.05) is 11.4 Å². The first-order valence-electron chi connectivity index (χ1n) is 9.50. The molecule has 2 N–H and O–H groups in total. The molecule has 1 unspecified atom stereocenters. The highest BCUT2D eigenvalue weighted by atomic mass is 19.1. The lowest BCUT2D eigenvalue weighted by Crippen LogP contribution is -2.37. The number of carbonyl (C=O) groups is 2. The first-order chi connectivity index (χ1) is 14.9. The summed E-state index contributed by atoms with van der Waals surface area (Å²) >= 11 is 0. The third-order valence-corrected chi connectivity index (χ3v) is 4.99. The molecule has 1 saturated heterocycles. The van der Waals surface area contributed by atoms with Gasteiger partial charge >= 0.3 is 6.09 Å². The second-order valence-electron chi connectivity index (χ2n) is 7.02. The number of hydrogen-bond donors (Lipinski definition) is 2. The maximum atomic E-state index is 13.4. The molecule has 1 fully saturated rings. The highest BCUT2D eigenvalue weighted by molar-refractivity contribution is 5.94. The molecule has 0 radical (unpaired) electrons. The van der Waals surface area contributed by atoms with Crippen LogP contribution in [0.4, 0.5) is 19.3 Å². The Kier molecular flexibility index (Phi) is 5.53. The predicted octanol–water partition coefficient (Wildman–Crippen LogP) is 4.17. The van der Waals surface area contributed by atoms with Gasteiger partial charge in [0, 0.05) is 11.3 Å². The van der Waals surface area contributed by atoms with Gasteiger partial charge in [-0.05, 0) is 66.2 Å². The molecule has 0 aromatic heterocycles. The summed E-state index contributed by atoms with van der Waals surface area (Å²) in [5.74, 6) is -1.28. The molecule has 3 aromatic rings. The number of carbonyl (C=O) groups excluding carboxylic acids is 2. The minimum Gasteiger partial charge on any atom is -0.508 e. The smallest absolute Gasteiger partial charge is 0.415 e. The van der Waals surface area contributed by atoms with Crippen LogP contribution in [0.5, 0.6) is 5.75 Å². The van der Waals surface area contributed by atoms with Gasteiger partial charge in [0.05, 0.1) is 6.54 Å². The molecule has 2 amide bonds. The van der Waals surface area contributed by atoms with Crippen molar-refractivity contribution in [3.63, 3.8) is 0 Å². The summed E-state index contributed by atoms with van der Waals surface area (Å²) in [5, 5.41) is 12.3. The average molecular weight is 424 g/mol. The van der Waals surface area contributed by atoms with E-state index in [4.69, 9.17) is 4.74 Å². The zero-order valence-corrected chi connectivity index (χ0v) is 16.2. The van der Waals surface area contributed by atoms with Crippen molar-refractivity contribution >= 4 is 17.7 Å². The number of cyclic esters (lactones) is 1. The maximum Gasteiger partial charge on any atom is 0.415 e. The number of nitrogens with zero attached hydrogens (tertiary/aromatic N) is 1. The van der Waals surface area contributed by atoms with Crippen LogP contribution >= 0.6 is 0 Å². The Morgan fingerprint density at radius 2 is 1.52 bits per heavy atom. The van der Waals surface area contributed by atoms with Crippen LogP contribution in [0.1, 0.15) is 22.0 Å². The standard InChI is InChI=1S/C23H18F2N2O4/c24-16-5-1-15(2-6-16)22(29)26-13-20-21(14-3-11-19(28)12-4-14)27(23(30)31-20)18-9-7-17(25)8-10-18/h1-12,20-21,28H,13H2,(H,26,29)/t20-,21?/m1/s1. The minimum absolute atomic E-state index is 0.00874. The third kappa shape index (κ3) is 4.32. The van der Waals surface area contributed by atoms with Crippen LogP contribution in [-0.2, 0) is 4.74 Å². The molecular weight excluding hydrogens is 406 g/mol. The van der Waals surface area contributed by atoms with Gasteiger partial charge in [0.1, 0.15) is 29.5 Å². The summed E-state index contributed by atoms with van der Waals surface area (Å²) in [6, 6.07) is 16.1. The second kappa shape index (κ2) is 8.43. The van der Waals surface area contributed by atoms with Gasteiger partial charge in [-0.3, -0.25) is 9.69 Å². The molecule has 8 heteroatoms. The van der Waals surface area contributed by atoms with E-state index < -0.39 is 35.8 Å². The van der Waals surface area contributed by atoms with E-state index in [1.54, 1.807) is 12.1 Å². The predicted molar refractivity (Wildman–Crippen MR) is 109 cm³/mol. The Labute approximate surface area is 176 Å². The molecule has 1 aliphatic heterocycles. The zero-order valence-electron chi connectivity index (χ0n) is 16.2. The number of anilines is 1. The molecular formula is C23H18F2N2O4. The van der Waals surface area contributed by atoms with Crippen LogP contribution in [0, 0.1) is 11.6 Å². The number of ether oxygens (including phenoxy) is 1. The lowest BCUT2D eigenvalue weighted by molar-refractivity contribution is 0.0902. The number of phenolic OH excluding ortho intramolecular Hbond substituents is 1. The largest absolute Gasteiger partial charge is 0.508 e. The average Bonchev–Trinajstić information content (AvgIpc) is 3.09. The van der Waals surface area contributed by atoms with Gasteiger partial charge in [-0.2, -0.15) is 0 Å². The fourth-order valence-electron chi connectivity index (χ4n) is 3.48. The lowest BCUT2D eigenvalue weighted by atomic mass is 9.99. The molecule has 1 heterocycles. The quantitative estimate of drug-likeness (QED) is 0.645. The summed E-state index contributed by atoms with van der Waals surface area (Å²) in [7, 11) is 0. The second-order valence-corrected chi connectivity index (χ2v) is 7.02. The highest BCUT2D eigenvalue weighted by Gasteiger charge is 2.43. The van der Waals surface area contributed by atoms with E-state index in [9.17, 15) is 23.5 Å². The summed E-state index contributed by atoms with van der Waals surface area (Å²) in [4.78, 5) is 26.5. The van der Waals surface area contributed by atoms with Crippen molar-refractivity contribution in [1.29, 1.82) is 0 Å². The van der Waals surface area contributed by atoms with Crippen LogP contribution in [0.25, 0.3) is 0 Å². The normalized spacial score (nSPS) is 18.0. The minimum atomic E-state index is -0.758. The van der Waals surface area contributed by atoms with E-state index >= 15 is 0 Å². The summed E-state index contributed by atoms with van der Waals surface area (Å²) in [5.41, 5.74) is 1.35. The SMILES string of the molecule is O=C(NC[C@H]1OC(=O)N(c2ccc(F)cc2)C1c1ccc(O)cc1)c1ccc(F)cc1. The molecule has 1 aliphatic rings. The Hall–Kier alpha value is -3.94.